The molecule has 0 radical (unpaired) electrons. The molecule has 2 aliphatic carbocycles. The number of likely N-dealkylation sites (tertiary alicyclic amines) is 1. The van der Waals surface area contributed by atoms with Crippen molar-refractivity contribution in [2.75, 3.05) is 13.2 Å². The summed E-state index contributed by atoms with van der Waals surface area (Å²) >= 11 is 6.04. The van der Waals surface area contributed by atoms with Gasteiger partial charge < -0.3 is 14.1 Å². The van der Waals surface area contributed by atoms with Crippen molar-refractivity contribution in [2.24, 2.45) is 11.8 Å². The number of nitrogens with zero attached hydrogens (tertiary/aromatic N) is 4. The van der Waals surface area contributed by atoms with Crippen LogP contribution in [0.3, 0.4) is 0 Å². The van der Waals surface area contributed by atoms with Gasteiger partial charge in [-0.3, -0.25) is 4.68 Å². The molecule has 4 atom stereocenters. The number of carbonyl (C=O) groups is 1. The molecule has 0 bridgehead atoms. The fourth-order valence-electron chi connectivity index (χ4n) is 5.27. The van der Waals surface area contributed by atoms with Crippen molar-refractivity contribution in [1.29, 1.82) is 0 Å². The van der Waals surface area contributed by atoms with E-state index in [1.54, 1.807) is 6.20 Å². The van der Waals surface area contributed by atoms with Crippen LogP contribution in [-0.4, -0.2) is 58.9 Å². The van der Waals surface area contributed by atoms with Gasteiger partial charge >= 0.3 is 6.09 Å². The third-order valence-electron chi connectivity index (χ3n) is 8.41. The molecule has 1 amide bonds. The summed E-state index contributed by atoms with van der Waals surface area (Å²) in [6.07, 6.45) is 3.33. The Balaban J connectivity index is 1.46. The number of piperidine rings is 1. The smallest absolute Gasteiger partial charge is 0.410 e. The standard InChI is InChI=1S/C26H38ClFN4O3Si/c1-25(2,3)35-24(33)31-12-16-18(17(31)13-34-36(7,8)26(4,5)6)19(16)21-15-11-29-23(27)20(28)22(15)32(30-21)14-9-10-14/h11,14,16-19H,9-10,12-13H2,1-8H3/t16-,17+,18-,19+/m0/s1. The van der Waals surface area contributed by atoms with Gasteiger partial charge in [-0.2, -0.15) is 5.10 Å². The fourth-order valence-corrected chi connectivity index (χ4v) is 6.43. The average Bonchev–Trinajstić information content (AvgIpc) is 3.64. The topological polar surface area (TPSA) is 69.5 Å². The van der Waals surface area contributed by atoms with Crippen molar-refractivity contribution in [3.8, 4) is 0 Å². The number of ether oxygens (including phenoxy) is 1. The number of halogens is 2. The summed E-state index contributed by atoms with van der Waals surface area (Å²) in [7, 11) is -2.03. The molecule has 3 heterocycles. The van der Waals surface area contributed by atoms with E-state index in [0.717, 1.165) is 23.9 Å². The Morgan fingerprint density at radius 3 is 2.47 bits per heavy atom. The van der Waals surface area contributed by atoms with E-state index in [-0.39, 0.29) is 46.1 Å². The van der Waals surface area contributed by atoms with Crippen LogP contribution in [0.1, 0.15) is 72.0 Å². The number of carbonyl (C=O) groups excluding carboxylic acids is 1. The van der Waals surface area contributed by atoms with Gasteiger partial charge in [0.05, 0.1) is 24.4 Å². The molecule has 1 saturated heterocycles. The first kappa shape index (κ1) is 25.9. The van der Waals surface area contributed by atoms with E-state index < -0.39 is 19.7 Å². The fraction of sp³-hybridized carbons (Fsp3) is 0.731. The lowest BCUT2D eigenvalue weighted by Gasteiger charge is -2.39. The number of pyridine rings is 1. The first-order valence-electron chi connectivity index (χ1n) is 13.0. The van der Waals surface area contributed by atoms with Gasteiger partial charge in [-0.15, -0.1) is 0 Å². The summed E-state index contributed by atoms with van der Waals surface area (Å²) in [6.45, 7) is 17.8. The van der Waals surface area contributed by atoms with Crippen LogP contribution in [0.15, 0.2) is 6.20 Å². The van der Waals surface area contributed by atoms with E-state index in [9.17, 15) is 4.79 Å². The van der Waals surface area contributed by atoms with Gasteiger partial charge in [0, 0.05) is 24.0 Å². The lowest BCUT2D eigenvalue weighted by molar-refractivity contribution is 0.0134. The highest BCUT2D eigenvalue weighted by Crippen LogP contribution is 2.62. The van der Waals surface area contributed by atoms with E-state index in [1.165, 1.54) is 0 Å². The Kier molecular flexibility index (Phi) is 6.04. The Bertz CT molecular complexity index is 1200. The van der Waals surface area contributed by atoms with Gasteiger partial charge in [0.15, 0.2) is 19.3 Å². The van der Waals surface area contributed by atoms with E-state index in [2.05, 4.69) is 38.8 Å². The van der Waals surface area contributed by atoms with Crippen LogP contribution in [-0.2, 0) is 9.16 Å². The van der Waals surface area contributed by atoms with Crippen LogP contribution in [0.4, 0.5) is 9.18 Å². The second kappa shape index (κ2) is 8.40. The maximum absolute atomic E-state index is 15.1. The zero-order chi connectivity index (χ0) is 26.4. The number of rotatable bonds is 5. The molecule has 7 nitrogen and oxygen atoms in total. The highest BCUT2D eigenvalue weighted by atomic mass is 35.5. The molecular formula is C26H38ClFN4O3Si. The zero-order valence-electron chi connectivity index (χ0n) is 22.6. The van der Waals surface area contributed by atoms with E-state index in [0.29, 0.717) is 18.7 Å². The van der Waals surface area contributed by atoms with Crippen molar-refractivity contribution >= 4 is 36.9 Å². The second-order valence-electron chi connectivity index (χ2n) is 13.2. The molecule has 3 fully saturated rings. The van der Waals surface area contributed by atoms with Crippen LogP contribution in [0, 0.1) is 17.7 Å². The van der Waals surface area contributed by atoms with Gasteiger partial charge in [-0.25, -0.2) is 14.2 Å². The lowest BCUT2D eigenvalue weighted by atomic mass is 10.1. The molecule has 198 valence electrons. The molecule has 2 aromatic rings. The molecule has 3 aliphatic rings. The predicted octanol–water partition coefficient (Wildman–Crippen LogP) is 6.53. The van der Waals surface area contributed by atoms with Crippen LogP contribution in [0.2, 0.25) is 23.3 Å². The lowest BCUT2D eigenvalue weighted by Crippen LogP contribution is -2.48. The van der Waals surface area contributed by atoms with Gasteiger partial charge in [-0.05, 0) is 63.6 Å². The molecule has 0 N–H and O–H groups in total. The zero-order valence-corrected chi connectivity index (χ0v) is 24.3. The first-order chi connectivity index (χ1) is 16.6. The highest BCUT2D eigenvalue weighted by molar-refractivity contribution is 6.74. The Morgan fingerprint density at radius 2 is 1.89 bits per heavy atom. The van der Waals surface area contributed by atoms with Crippen molar-refractivity contribution in [1.82, 2.24) is 19.7 Å². The van der Waals surface area contributed by atoms with E-state index >= 15 is 4.39 Å². The Morgan fingerprint density at radius 1 is 1.22 bits per heavy atom. The third kappa shape index (κ3) is 4.45. The van der Waals surface area contributed by atoms with E-state index in [1.807, 2.05) is 30.4 Å². The molecule has 1 aliphatic heterocycles. The molecule has 2 saturated carbocycles. The van der Waals surface area contributed by atoms with Crippen molar-refractivity contribution < 1.29 is 18.3 Å². The van der Waals surface area contributed by atoms with Gasteiger partial charge in [0.25, 0.3) is 0 Å². The minimum absolute atomic E-state index is 0.0619. The number of fused-ring (bicyclic) bond motifs is 2. The largest absolute Gasteiger partial charge is 0.444 e. The maximum atomic E-state index is 15.1. The molecule has 5 rings (SSSR count). The SMILES string of the molecule is CC(C)(C)OC(=O)N1C[C@@H]2[C@@H](c3nn(C4CC4)c4c(F)c(Cl)ncc34)[C@@H]2[C@H]1CO[Si](C)(C)C(C)(C)C. The molecule has 10 heteroatoms. The van der Waals surface area contributed by atoms with Crippen molar-refractivity contribution in [3.05, 3.63) is 22.9 Å². The monoisotopic (exact) mass is 536 g/mol. The van der Waals surface area contributed by atoms with Crippen LogP contribution >= 0.6 is 11.6 Å². The maximum Gasteiger partial charge on any atom is 0.410 e. The van der Waals surface area contributed by atoms with Gasteiger partial charge in [0.2, 0.25) is 0 Å². The highest BCUT2D eigenvalue weighted by Gasteiger charge is 2.65. The number of aromatic nitrogens is 3. The predicted molar refractivity (Wildman–Crippen MR) is 140 cm³/mol. The number of hydrogen-bond donors (Lipinski definition) is 0. The molecule has 2 aromatic heterocycles. The Labute approximate surface area is 218 Å². The first-order valence-corrected chi connectivity index (χ1v) is 16.2. The molecular weight excluding hydrogens is 499 g/mol. The van der Waals surface area contributed by atoms with Crippen LogP contribution < -0.4 is 0 Å². The third-order valence-corrected chi connectivity index (χ3v) is 13.2. The number of amides is 1. The Hall–Kier alpha value is -1.71. The van der Waals surface area contributed by atoms with Crippen molar-refractivity contribution in [2.45, 2.75) is 96.1 Å². The summed E-state index contributed by atoms with van der Waals surface area (Å²) in [6, 6.07) is 0.0963. The quantitative estimate of drug-likeness (QED) is 0.321. The minimum atomic E-state index is -2.03. The van der Waals surface area contributed by atoms with E-state index in [4.69, 9.17) is 25.9 Å². The van der Waals surface area contributed by atoms with Gasteiger partial charge in [-0.1, -0.05) is 32.4 Å². The molecule has 36 heavy (non-hydrogen) atoms. The van der Waals surface area contributed by atoms with Crippen LogP contribution in [0.5, 0.6) is 0 Å². The summed E-state index contributed by atoms with van der Waals surface area (Å²) in [5, 5.41) is 5.59. The molecule has 0 unspecified atom stereocenters. The molecule has 0 aromatic carbocycles. The van der Waals surface area contributed by atoms with Crippen LogP contribution in [0.25, 0.3) is 10.9 Å². The summed E-state index contributed by atoms with van der Waals surface area (Å²) in [4.78, 5) is 19.1. The van der Waals surface area contributed by atoms with Gasteiger partial charge in [0.1, 0.15) is 11.1 Å². The normalized spacial score (nSPS) is 26.4. The average molecular weight is 537 g/mol. The number of hydrogen-bond acceptors (Lipinski definition) is 5. The van der Waals surface area contributed by atoms with Crippen molar-refractivity contribution in [3.63, 3.8) is 0 Å². The molecule has 0 spiro atoms. The summed E-state index contributed by atoms with van der Waals surface area (Å²) in [5.74, 6) is 0.0437. The summed E-state index contributed by atoms with van der Waals surface area (Å²) in [5.41, 5.74) is 0.752. The second-order valence-corrected chi connectivity index (χ2v) is 18.4. The summed E-state index contributed by atoms with van der Waals surface area (Å²) < 4.78 is 29.2. The minimum Gasteiger partial charge on any atom is -0.444 e.